The largest absolute Gasteiger partial charge is 0.469 e. The number of nitrogens with zero attached hydrogens (tertiary/aromatic N) is 4. The van der Waals surface area contributed by atoms with Crippen LogP contribution in [-0.2, 0) is 9.53 Å². The van der Waals surface area contributed by atoms with E-state index in [0.29, 0.717) is 6.42 Å². The second-order valence-electron chi connectivity index (χ2n) is 4.67. The predicted molar refractivity (Wildman–Crippen MR) is 72.1 cm³/mol. The van der Waals surface area contributed by atoms with E-state index in [0.717, 1.165) is 44.2 Å². The summed E-state index contributed by atoms with van der Waals surface area (Å²) in [4.78, 5) is 24.0. The molecule has 6 heteroatoms. The molecule has 1 fully saturated rings. The van der Waals surface area contributed by atoms with Crippen molar-refractivity contribution in [2.75, 3.05) is 44.7 Å². The molecule has 0 bridgehead atoms. The van der Waals surface area contributed by atoms with Crippen molar-refractivity contribution in [2.24, 2.45) is 0 Å². The number of hydrogen-bond acceptors (Lipinski definition) is 6. The van der Waals surface area contributed by atoms with Crippen LogP contribution in [0, 0.1) is 6.92 Å². The van der Waals surface area contributed by atoms with Crippen LogP contribution in [0.2, 0.25) is 0 Å². The standard InChI is InChI=1S/C13H20N4O2/c1-11-9-12(15-10-14-11)17-7-5-16(6-8-17)4-3-13(18)19-2/h9-10H,3-8H2,1-2H3. The minimum absolute atomic E-state index is 0.145. The molecule has 1 aromatic rings. The zero-order valence-electron chi connectivity index (χ0n) is 11.5. The molecule has 0 amide bonds. The highest BCUT2D eigenvalue weighted by Crippen LogP contribution is 2.13. The van der Waals surface area contributed by atoms with Crippen molar-refractivity contribution >= 4 is 11.8 Å². The van der Waals surface area contributed by atoms with E-state index in [1.807, 2.05) is 13.0 Å². The molecule has 0 aliphatic carbocycles. The molecule has 0 N–H and O–H groups in total. The number of hydrogen-bond donors (Lipinski definition) is 0. The van der Waals surface area contributed by atoms with Gasteiger partial charge in [0.25, 0.3) is 0 Å². The number of aromatic nitrogens is 2. The summed E-state index contributed by atoms with van der Waals surface area (Å²) >= 11 is 0. The number of esters is 1. The van der Waals surface area contributed by atoms with Crippen molar-refractivity contribution in [3.05, 3.63) is 18.1 Å². The maximum Gasteiger partial charge on any atom is 0.306 e. The second kappa shape index (κ2) is 6.47. The molecule has 6 nitrogen and oxygen atoms in total. The van der Waals surface area contributed by atoms with E-state index < -0.39 is 0 Å². The van der Waals surface area contributed by atoms with Gasteiger partial charge in [0.2, 0.25) is 0 Å². The van der Waals surface area contributed by atoms with Crippen LogP contribution >= 0.6 is 0 Å². The zero-order valence-corrected chi connectivity index (χ0v) is 11.5. The summed E-state index contributed by atoms with van der Waals surface area (Å²) in [5, 5.41) is 0. The van der Waals surface area contributed by atoms with Gasteiger partial charge >= 0.3 is 5.97 Å². The lowest BCUT2D eigenvalue weighted by molar-refractivity contribution is -0.141. The minimum Gasteiger partial charge on any atom is -0.469 e. The third-order valence-corrected chi connectivity index (χ3v) is 3.35. The molecule has 1 aromatic heterocycles. The molecular formula is C13H20N4O2. The molecular weight excluding hydrogens is 244 g/mol. The molecule has 1 aliphatic heterocycles. The average molecular weight is 264 g/mol. The first-order valence-electron chi connectivity index (χ1n) is 6.52. The monoisotopic (exact) mass is 264 g/mol. The lowest BCUT2D eigenvalue weighted by Crippen LogP contribution is -2.47. The van der Waals surface area contributed by atoms with Gasteiger partial charge in [-0.2, -0.15) is 0 Å². The third kappa shape index (κ3) is 3.89. The molecule has 19 heavy (non-hydrogen) atoms. The Labute approximate surface area is 113 Å². The molecule has 0 radical (unpaired) electrons. The maximum absolute atomic E-state index is 11.1. The minimum atomic E-state index is -0.145. The topological polar surface area (TPSA) is 58.6 Å². The van der Waals surface area contributed by atoms with Crippen LogP contribution < -0.4 is 4.90 Å². The van der Waals surface area contributed by atoms with Crippen LogP contribution in [0.15, 0.2) is 12.4 Å². The zero-order chi connectivity index (χ0) is 13.7. The highest BCUT2D eigenvalue weighted by Gasteiger charge is 2.18. The van der Waals surface area contributed by atoms with Crippen molar-refractivity contribution in [1.82, 2.24) is 14.9 Å². The molecule has 104 valence electrons. The highest BCUT2D eigenvalue weighted by molar-refractivity contribution is 5.69. The molecule has 2 heterocycles. The Hall–Kier alpha value is -1.69. The Morgan fingerprint density at radius 2 is 2.05 bits per heavy atom. The Morgan fingerprint density at radius 1 is 1.32 bits per heavy atom. The Bertz CT molecular complexity index is 430. The van der Waals surface area contributed by atoms with Gasteiger partial charge < -0.3 is 9.64 Å². The Balaban J connectivity index is 1.81. The van der Waals surface area contributed by atoms with Crippen LogP contribution in [0.25, 0.3) is 0 Å². The number of aryl methyl sites for hydroxylation is 1. The van der Waals surface area contributed by atoms with Crippen LogP contribution in [0.3, 0.4) is 0 Å². The average Bonchev–Trinajstić information content (AvgIpc) is 2.45. The van der Waals surface area contributed by atoms with Gasteiger partial charge in [0, 0.05) is 44.5 Å². The molecule has 0 unspecified atom stereocenters. The first-order valence-corrected chi connectivity index (χ1v) is 6.52. The molecule has 1 aliphatic rings. The van der Waals surface area contributed by atoms with Crippen LogP contribution in [0.4, 0.5) is 5.82 Å². The molecule has 1 saturated heterocycles. The summed E-state index contributed by atoms with van der Waals surface area (Å²) in [5.74, 6) is 0.842. The van der Waals surface area contributed by atoms with Gasteiger partial charge in [-0.05, 0) is 6.92 Å². The number of rotatable bonds is 4. The molecule has 2 rings (SSSR count). The quantitative estimate of drug-likeness (QED) is 0.737. The van der Waals surface area contributed by atoms with Crippen LogP contribution in [0.1, 0.15) is 12.1 Å². The van der Waals surface area contributed by atoms with Gasteiger partial charge in [0.1, 0.15) is 12.1 Å². The smallest absolute Gasteiger partial charge is 0.306 e. The van der Waals surface area contributed by atoms with Crippen LogP contribution in [0.5, 0.6) is 0 Å². The third-order valence-electron chi connectivity index (χ3n) is 3.35. The molecule has 0 spiro atoms. The lowest BCUT2D eigenvalue weighted by atomic mass is 10.2. The normalized spacial score (nSPS) is 16.4. The number of methoxy groups -OCH3 is 1. The Morgan fingerprint density at radius 3 is 2.68 bits per heavy atom. The number of carbonyl (C=O) groups is 1. The van der Waals surface area contributed by atoms with E-state index in [1.54, 1.807) is 6.33 Å². The lowest BCUT2D eigenvalue weighted by Gasteiger charge is -2.35. The second-order valence-corrected chi connectivity index (χ2v) is 4.67. The van der Waals surface area contributed by atoms with Crippen molar-refractivity contribution in [1.29, 1.82) is 0 Å². The fourth-order valence-corrected chi connectivity index (χ4v) is 2.17. The van der Waals surface area contributed by atoms with Gasteiger partial charge in [0.05, 0.1) is 13.5 Å². The summed E-state index contributed by atoms with van der Waals surface area (Å²) < 4.78 is 4.65. The van der Waals surface area contributed by atoms with Crippen molar-refractivity contribution < 1.29 is 9.53 Å². The maximum atomic E-state index is 11.1. The number of anilines is 1. The SMILES string of the molecule is COC(=O)CCN1CCN(c2cc(C)ncn2)CC1. The summed E-state index contributed by atoms with van der Waals surface area (Å²) in [5.41, 5.74) is 0.984. The van der Waals surface area contributed by atoms with Crippen molar-refractivity contribution in [3.8, 4) is 0 Å². The summed E-state index contributed by atoms with van der Waals surface area (Å²) in [6.07, 6.45) is 2.07. The number of piperazine rings is 1. The highest BCUT2D eigenvalue weighted by atomic mass is 16.5. The predicted octanol–water partition coefficient (Wildman–Crippen LogP) is 0.470. The van der Waals surface area contributed by atoms with Crippen molar-refractivity contribution in [3.63, 3.8) is 0 Å². The van der Waals surface area contributed by atoms with Gasteiger partial charge in [-0.25, -0.2) is 9.97 Å². The van der Waals surface area contributed by atoms with Crippen molar-refractivity contribution in [2.45, 2.75) is 13.3 Å². The van der Waals surface area contributed by atoms with Gasteiger partial charge in [0.15, 0.2) is 0 Å². The summed E-state index contributed by atoms with van der Waals surface area (Å²) in [6, 6.07) is 2.00. The van der Waals surface area contributed by atoms with Gasteiger partial charge in [-0.1, -0.05) is 0 Å². The number of carbonyl (C=O) groups excluding carboxylic acids is 1. The van der Waals surface area contributed by atoms with Gasteiger partial charge in [-0.15, -0.1) is 0 Å². The van der Waals surface area contributed by atoms with E-state index in [4.69, 9.17) is 0 Å². The van der Waals surface area contributed by atoms with E-state index in [2.05, 4.69) is 24.5 Å². The molecule has 0 saturated carbocycles. The van der Waals surface area contributed by atoms with Gasteiger partial charge in [-0.3, -0.25) is 9.69 Å². The first-order chi connectivity index (χ1) is 9.19. The summed E-state index contributed by atoms with van der Waals surface area (Å²) in [7, 11) is 1.43. The first kappa shape index (κ1) is 13.7. The van der Waals surface area contributed by atoms with E-state index >= 15 is 0 Å². The van der Waals surface area contributed by atoms with E-state index in [1.165, 1.54) is 7.11 Å². The number of ether oxygens (including phenoxy) is 1. The molecule has 0 aromatic carbocycles. The fraction of sp³-hybridized carbons (Fsp3) is 0.615. The molecule has 0 atom stereocenters. The van der Waals surface area contributed by atoms with E-state index in [-0.39, 0.29) is 5.97 Å². The fourth-order valence-electron chi connectivity index (χ4n) is 2.17. The van der Waals surface area contributed by atoms with E-state index in [9.17, 15) is 4.79 Å². The summed E-state index contributed by atoms with van der Waals surface area (Å²) in [6.45, 7) is 6.48. The Kier molecular flexibility index (Phi) is 4.68. The van der Waals surface area contributed by atoms with Crippen LogP contribution in [-0.4, -0.2) is 60.7 Å².